The van der Waals surface area contributed by atoms with Crippen LogP contribution in [0.4, 0.5) is 26.3 Å². The number of alkyl halides is 3. The Morgan fingerprint density at radius 2 is 0.817 bits per heavy atom. The molecule has 0 aliphatic rings. The van der Waals surface area contributed by atoms with Crippen LogP contribution in [0.25, 0.3) is 33.4 Å². The van der Waals surface area contributed by atoms with Crippen molar-refractivity contribution in [3.05, 3.63) is 172 Å². The standard InChI is InChI=1S/C15H10F4O2.C15H13FO4S.C14H10ClFO2/c16-12-5-6-13(10(7-12)8-14(20)21)9-1-3-11(4-2-9)15(17,18)19;1-21(19,20)13-5-2-10(3-6-13)14-7-4-12(16)8-11(14)9-15(17)18;15-11-3-1-9(2-4-11)13-6-5-12(16)7-10(13)8-14(17)18/h1-7H,8H2,(H,20,21);2-8H,9H2,1H3,(H,17,18);1-7H,8H2,(H,17,18). The van der Waals surface area contributed by atoms with Gasteiger partial charge in [0.25, 0.3) is 0 Å². The van der Waals surface area contributed by atoms with Crippen molar-refractivity contribution < 1.29 is 64.5 Å². The number of hydrogen-bond donors (Lipinski definition) is 3. The SMILES string of the molecule is CS(=O)(=O)c1ccc(-c2ccc(F)cc2CC(=O)O)cc1.O=C(O)Cc1cc(F)ccc1-c1ccc(C(F)(F)F)cc1.O=C(O)Cc1cc(F)ccc1-c1ccc(Cl)cc1. The summed E-state index contributed by atoms with van der Waals surface area (Å²) in [5, 5.41) is 27.1. The average molecular weight is 871 g/mol. The van der Waals surface area contributed by atoms with Gasteiger partial charge in [0, 0.05) is 11.3 Å². The van der Waals surface area contributed by atoms with Crippen molar-refractivity contribution in [3.63, 3.8) is 0 Å². The number of carboxylic acid groups (broad SMARTS) is 3. The molecule has 16 heteroatoms. The number of rotatable bonds is 10. The first kappa shape index (κ1) is 46.2. The smallest absolute Gasteiger partial charge is 0.416 e. The average Bonchev–Trinajstić information content (AvgIpc) is 3.15. The van der Waals surface area contributed by atoms with Gasteiger partial charge in [-0.1, -0.05) is 66.2 Å². The number of carboxylic acids is 3. The molecule has 6 rings (SSSR count). The van der Waals surface area contributed by atoms with E-state index >= 15 is 0 Å². The molecule has 60 heavy (non-hydrogen) atoms. The van der Waals surface area contributed by atoms with Crippen LogP contribution in [-0.2, 0) is 49.7 Å². The number of sulfone groups is 1. The van der Waals surface area contributed by atoms with Gasteiger partial charge in [0.2, 0.25) is 0 Å². The van der Waals surface area contributed by atoms with Crippen molar-refractivity contribution in [2.24, 2.45) is 0 Å². The third kappa shape index (κ3) is 13.6. The second-order valence-electron chi connectivity index (χ2n) is 13.0. The molecular weight excluding hydrogens is 838 g/mol. The second kappa shape index (κ2) is 20.0. The maximum atomic E-state index is 13.3. The van der Waals surface area contributed by atoms with Crippen molar-refractivity contribution in [1.82, 2.24) is 0 Å². The van der Waals surface area contributed by atoms with E-state index in [9.17, 15) is 49.1 Å². The van der Waals surface area contributed by atoms with Crippen LogP contribution >= 0.6 is 11.6 Å². The molecule has 0 heterocycles. The molecule has 0 saturated carbocycles. The summed E-state index contributed by atoms with van der Waals surface area (Å²) in [6.45, 7) is 0. The molecule has 0 atom stereocenters. The van der Waals surface area contributed by atoms with Crippen LogP contribution in [0.2, 0.25) is 5.02 Å². The summed E-state index contributed by atoms with van der Waals surface area (Å²) in [5.74, 6) is -4.74. The highest BCUT2D eigenvalue weighted by Crippen LogP contribution is 2.33. The summed E-state index contributed by atoms with van der Waals surface area (Å²) >= 11 is 5.79. The zero-order chi connectivity index (χ0) is 44.4. The van der Waals surface area contributed by atoms with Crippen molar-refractivity contribution in [3.8, 4) is 33.4 Å². The number of halogens is 7. The Hall–Kier alpha value is -6.45. The molecular formula is C44H33ClF6O8S. The Morgan fingerprint density at radius 3 is 1.10 bits per heavy atom. The Balaban J connectivity index is 0.000000199. The van der Waals surface area contributed by atoms with Gasteiger partial charge in [-0.2, -0.15) is 13.2 Å². The highest BCUT2D eigenvalue weighted by molar-refractivity contribution is 7.90. The minimum absolute atomic E-state index is 0.174. The minimum atomic E-state index is -4.44. The Bertz CT molecular complexity index is 2600. The van der Waals surface area contributed by atoms with Crippen LogP contribution in [-0.4, -0.2) is 47.9 Å². The van der Waals surface area contributed by atoms with Crippen molar-refractivity contribution in [2.75, 3.05) is 6.26 Å². The Morgan fingerprint density at radius 1 is 0.517 bits per heavy atom. The molecule has 6 aromatic rings. The Kier molecular flexibility index (Phi) is 15.4. The van der Waals surface area contributed by atoms with Gasteiger partial charge in [-0.15, -0.1) is 0 Å². The summed E-state index contributed by atoms with van der Waals surface area (Å²) in [5.41, 5.74) is 3.73. The summed E-state index contributed by atoms with van der Waals surface area (Å²) in [4.78, 5) is 32.6. The first-order valence-electron chi connectivity index (χ1n) is 17.4. The van der Waals surface area contributed by atoms with Crippen LogP contribution in [0.15, 0.2) is 132 Å². The minimum Gasteiger partial charge on any atom is -0.481 e. The molecule has 0 spiro atoms. The van der Waals surface area contributed by atoms with E-state index in [0.29, 0.717) is 44.0 Å². The maximum absolute atomic E-state index is 13.3. The van der Waals surface area contributed by atoms with Gasteiger partial charge in [-0.25, -0.2) is 21.6 Å². The van der Waals surface area contributed by atoms with E-state index in [1.165, 1.54) is 60.7 Å². The fraction of sp³-hybridized carbons (Fsp3) is 0.114. The summed E-state index contributed by atoms with van der Waals surface area (Å²) < 4.78 is 99.9. The molecule has 312 valence electrons. The van der Waals surface area contributed by atoms with Gasteiger partial charge >= 0.3 is 24.1 Å². The molecule has 0 fully saturated rings. The van der Waals surface area contributed by atoms with E-state index in [0.717, 1.165) is 36.1 Å². The molecule has 3 N–H and O–H groups in total. The zero-order valence-electron chi connectivity index (χ0n) is 31.2. The highest BCUT2D eigenvalue weighted by Gasteiger charge is 2.30. The zero-order valence-corrected chi connectivity index (χ0v) is 32.8. The third-order valence-corrected chi connectivity index (χ3v) is 9.88. The quantitative estimate of drug-likeness (QED) is 0.115. The number of carbonyl (C=O) groups is 3. The second-order valence-corrected chi connectivity index (χ2v) is 15.4. The predicted molar refractivity (Wildman–Crippen MR) is 213 cm³/mol. The highest BCUT2D eigenvalue weighted by atomic mass is 35.5. The molecule has 0 aromatic heterocycles. The monoisotopic (exact) mass is 870 g/mol. The summed E-state index contributed by atoms with van der Waals surface area (Å²) in [6, 6.07) is 28.9. The van der Waals surface area contributed by atoms with E-state index in [1.807, 2.05) is 0 Å². The summed E-state index contributed by atoms with van der Waals surface area (Å²) in [6.07, 6.45) is -4.26. The Labute approximate surface area is 344 Å². The van der Waals surface area contributed by atoms with Gasteiger partial charge in [0.05, 0.1) is 29.7 Å². The van der Waals surface area contributed by atoms with Crippen molar-refractivity contribution in [1.29, 1.82) is 0 Å². The molecule has 0 aliphatic carbocycles. The lowest BCUT2D eigenvalue weighted by molar-refractivity contribution is -0.138. The van der Waals surface area contributed by atoms with E-state index in [-0.39, 0.29) is 23.3 Å². The molecule has 0 amide bonds. The topological polar surface area (TPSA) is 146 Å². The molecule has 0 bridgehead atoms. The number of benzene rings is 6. The normalized spacial score (nSPS) is 11.1. The molecule has 0 unspecified atom stereocenters. The molecule has 0 aliphatic heterocycles. The van der Waals surface area contributed by atoms with Gasteiger partial charge in [0.1, 0.15) is 17.5 Å². The number of aliphatic carboxylic acids is 3. The van der Waals surface area contributed by atoms with E-state index < -0.39 is 63.4 Å². The summed E-state index contributed by atoms with van der Waals surface area (Å²) in [7, 11) is -3.29. The fourth-order valence-corrected chi connectivity index (χ4v) is 6.57. The van der Waals surface area contributed by atoms with Gasteiger partial charge < -0.3 is 15.3 Å². The number of hydrogen-bond acceptors (Lipinski definition) is 5. The first-order chi connectivity index (χ1) is 28.1. The van der Waals surface area contributed by atoms with Crippen LogP contribution in [0, 0.1) is 17.5 Å². The van der Waals surface area contributed by atoms with Crippen LogP contribution < -0.4 is 0 Å². The third-order valence-electron chi connectivity index (χ3n) is 8.50. The predicted octanol–water partition coefficient (Wildman–Crippen LogP) is 10.4. The first-order valence-corrected chi connectivity index (χ1v) is 19.6. The van der Waals surface area contributed by atoms with Crippen LogP contribution in [0.5, 0.6) is 0 Å². The van der Waals surface area contributed by atoms with Gasteiger partial charge in [0.15, 0.2) is 9.84 Å². The van der Waals surface area contributed by atoms with Crippen LogP contribution in [0.3, 0.4) is 0 Å². The van der Waals surface area contributed by atoms with Crippen molar-refractivity contribution >= 4 is 39.3 Å². The molecule has 8 nitrogen and oxygen atoms in total. The molecule has 0 saturated heterocycles. The van der Waals surface area contributed by atoms with E-state index in [2.05, 4.69) is 0 Å². The molecule has 0 radical (unpaired) electrons. The van der Waals surface area contributed by atoms with Crippen LogP contribution in [0.1, 0.15) is 22.3 Å². The lowest BCUT2D eigenvalue weighted by Crippen LogP contribution is -2.05. The fourth-order valence-electron chi connectivity index (χ4n) is 5.81. The molecule has 6 aromatic carbocycles. The maximum Gasteiger partial charge on any atom is 0.416 e. The van der Waals surface area contributed by atoms with Crippen molar-refractivity contribution in [2.45, 2.75) is 30.3 Å². The van der Waals surface area contributed by atoms with Gasteiger partial charge in [-0.05, 0) is 123 Å². The van der Waals surface area contributed by atoms with E-state index in [1.54, 1.807) is 42.5 Å². The van der Waals surface area contributed by atoms with E-state index in [4.69, 9.17) is 26.9 Å². The lowest BCUT2D eigenvalue weighted by Gasteiger charge is -2.11. The van der Waals surface area contributed by atoms with Gasteiger partial charge in [-0.3, -0.25) is 14.4 Å². The lowest BCUT2D eigenvalue weighted by atomic mass is 9.96. The largest absolute Gasteiger partial charge is 0.481 e.